The Morgan fingerprint density at radius 3 is 2.64 bits per heavy atom. The number of aromatic nitrogens is 4. The van der Waals surface area contributed by atoms with Crippen LogP contribution in [0.1, 0.15) is 36.2 Å². The van der Waals surface area contributed by atoms with Crippen molar-refractivity contribution in [3.63, 3.8) is 0 Å². The fourth-order valence-corrected chi connectivity index (χ4v) is 3.33. The third-order valence-electron chi connectivity index (χ3n) is 4.26. The van der Waals surface area contributed by atoms with E-state index in [-0.39, 0.29) is 5.91 Å². The first kappa shape index (κ1) is 15.3. The lowest BCUT2D eigenvalue weighted by atomic mass is 10.1. The number of carbonyl (C=O) groups excluding carboxylic acids is 1. The Bertz CT molecular complexity index is 706. The van der Waals surface area contributed by atoms with Gasteiger partial charge in [-0.2, -0.15) is 4.98 Å². The predicted molar refractivity (Wildman–Crippen MR) is 86.2 cm³/mol. The number of rotatable bonds is 4. The summed E-state index contributed by atoms with van der Waals surface area (Å²) in [6.07, 6.45) is 5.47. The maximum atomic E-state index is 12.2. The van der Waals surface area contributed by atoms with Crippen molar-refractivity contribution in [2.24, 2.45) is 0 Å². The Hall–Kier alpha value is -1.63. The van der Waals surface area contributed by atoms with Gasteiger partial charge in [0, 0.05) is 30.9 Å². The summed E-state index contributed by atoms with van der Waals surface area (Å²) in [4.78, 5) is 23.1. The fraction of sp³-hybridized carbons (Fsp3) is 0.600. The van der Waals surface area contributed by atoms with E-state index in [9.17, 15) is 4.79 Å². The molecule has 22 heavy (non-hydrogen) atoms. The highest BCUT2D eigenvalue weighted by molar-refractivity contribution is 7.98. The molecule has 0 aliphatic carbocycles. The Morgan fingerprint density at radius 1 is 1.23 bits per heavy atom. The van der Waals surface area contributed by atoms with Crippen LogP contribution in [0.4, 0.5) is 0 Å². The molecule has 1 fully saturated rings. The van der Waals surface area contributed by atoms with E-state index in [1.54, 1.807) is 4.52 Å². The van der Waals surface area contributed by atoms with E-state index in [0.29, 0.717) is 18.6 Å². The molecule has 118 valence electrons. The van der Waals surface area contributed by atoms with Crippen molar-refractivity contribution < 1.29 is 4.79 Å². The molecule has 3 heterocycles. The zero-order valence-electron chi connectivity index (χ0n) is 13.3. The molecule has 2 aromatic heterocycles. The van der Waals surface area contributed by atoms with Crippen LogP contribution in [-0.4, -0.2) is 49.7 Å². The molecule has 2 aromatic rings. The summed E-state index contributed by atoms with van der Waals surface area (Å²) in [5, 5.41) is 5.17. The summed E-state index contributed by atoms with van der Waals surface area (Å²) in [7, 11) is 0. The number of thioether (sulfide) groups is 1. The molecule has 6 nitrogen and oxygen atoms in total. The number of fused-ring (bicyclic) bond motifs is 1. The average Bonchev–Trinajstić information content (AvgIpc) is 3.15. The fourth-order valence-electron chi connectivity index (χ4n) is 2.99. The van der Waals surface area contributed by atoms with Gasteiger partial charge in [0.15, 0.2) is 0 Å². The molecule has 3 rings (SSSR count). The van der Waals surface area contributed by atoms with Crippen LogP contribution in [0.25, 0.3) is 5.78 Å². The van der Waals surface area contributed by atoms with Gasteiger partial charge in [-0.15, -0.1) is 5.10 Å². The van der Waals surface area contributed by atoms with Crippen LogP contribution in [0.2, 0.25) is 0 Å². The highest BCUT2D eigenvalue weighted by atomic mass is 32.2. The molecule has 1 amide bonds. The van der Waals surface area contributed by atoms with Gasteiger partial charge in [0.05, 0.1) is 0 Å². The third kappa shape index (κ3) is 2.82. The maximum absolute atomic E-state index is 12.2. The summed E-state index contributed by atoms with van der Waals surface area (Å²) in [6, 6.07) is 0. The quantitative estimate of drug-likeness (QED) is 0.807. The zero-order chi connectivity index (χ0) is 15.7. The number of hydrogen-bond donors (Lipinski definition) is 0. The van der Waals surface area contributed by atoms with Crippen LogP contribution in [0.3, 0.4) is 0 Å². The van der Waals surface area contributed by atoms with Crippen LogP contribution in [0.15, 0.2) is 5.16 Å². The zero-order valence-corrected chi connectivity index (χ0v) is 14.1. The predicted octanol–water partition coefficient (Wildman–Crippen LogP) is 2.02. The molecule has 0 bridgehead atoms. The van der Waals surface area contributed by atoms with Crippen molar-refractivity contribution in [1.82, 2.24) is 24.5 Å². The monoisotopic (exact) mass is 319 g/mol. The topological polar surface area (TPSA) is 63.4 Å². The first-order chi connectivity index (χ1) is 10.6. The largest absolute Gasteiger partial charge is 0.343 e. The van der Waals surface area contributed by atoms with Crippen LogP contribution >= 0.6 is 11.8 Å². The first-order valence-corrected chi connectivity index (χ1v) is 8.87. The van der Waals surface area contributed by atoms with Gasteiger partial charge >= 0.3 is 0 Å². The number of aryl methyl sites for hydroxylation is 2. The first-order valence-electron chi connectivity index (χ1n) is 7.64. The minimum atomic E-state index is 0.250. The van der Waals surface area contributed by atoms with E-state index in [2.05, 4.69) is 15.1 Å². The van der Waals surface area contributed by atoms with Crippen molar-refractivity contribution in [1.29, 1.82) is 0 Å². The molecule has 0 radical (unpaired) electrons. The van der Waals surface area contributed by atoms with Gasteiger partial charge in [0.2, 0.25) is 11.1 Å². The van der Waals surface area contributed by atoms with Gasteiger partial charge in [-0.3, -0.25) is 4.79 Å². The van der Waals surface area contributed by atoms with Crippen LogP contribution in [-0.2, 0) is 11.2 Å². The van der Waals surface area contributed by atoms with Crippen LogP contribution < -0.4 is 0 Å². The molecule has 1 saturated heterocycles. The van der Waals surface area contributed by atoms with E-state index in [1.807, 2.05) is 25.0 Å². The Balaban J connectivity index is 1.82. The molecule has 1 aliphatic rings. The molecule has 0 saturated carbocycles. The van der Waals surface area contributed by atoms with Crippen LogP contribution in [0.5, 0.6) is 0 Å². The molecule has 0 N–H and O–H groups in total. The molecule has 1 aliphatic heterocycles. The summed E-state index contributed by atoms with van der Waals surface area (Å²) in [5.41, 5.74) is 3.08. The lowest BCUT2D eigenvalue weighted by Gasteiger charge is -2.16. The summed E-state index contributed by atoms with van der Waals surface area (Å²) in [6.45, 7) is 5.83. The van der Waals surface area contributed by atoms with E-state index in [4.69, 9.17) is 0 Å². The molecule has 0 spiro atoms. The summed E-state index contributed by atoms with van der Waals surface area (Å²) in [5.74, 6) is 0.883. The second-order valence-corrected chi connectivity index (χ2v) is 6.43. The van der Waals surface area contributed by atoms with Crippen LogP contribution in [0, 0.1) is 13.8 Å². The highest BCUT2D eigenvalue weighted by Crippen LogP contribution is 2.19. The molecule has 7 heteroatoms. The molecular weight excluding hydrogens is 298 g/mol. The van der Waals surface area contributed by atoms with Crippen molar-refractivity contribution >= 4 is 23.4 Å². The second kappa shape index (κ2) is 6.24. The highest BCUT2D eigenvalue weighted by Gasteiger charge is 2.19. The van der Waals surface area contributed by atoms with Crippen molar-refractivity contribution in [3.8, 4) is 0 Å². The van der Waals surface area contributed by atoms with Gasteiger partial charge in [-0.25, -0.2) is 9.50 Å². The Labute approximate surface area is 134 Å². The van der Waals surface area contributed by atoms with Crippen molar-refractivity contribution in [3.05, 3.63) is 17.0 Å². The van der Waals surface area contributed by atoms with Gasteiger partial charge < -0.3 is 4.90 Å². The normalized spacial score (nSPS) is 15.0. The molecule has 0 unspecified atom stereocenters. The molecule has 0 atom stereocenters. The Kier molecular flexibility index (Phi) is 4.33. The van der Waals surface area contributed by atoms with Gasteiger partial charge in [-0.1, -0.05) is 11.8 Å². The standard InChI is InChI=1S/C15H21N5OS/c1-10-12(6-7-13(21)19-8-4-5-9-19)11(2)20-14(16-10)17-15(18-20)22-3/h4-9H2,1-3H3. The minimum absolute atomic E-state index is 0.250. The number of amides is 1. The Morgan fingerprint density at radius 2 is 1.95 bits per heavy atom. The number of nitrogens with zero attached hydrogens (tertiary/aromatic N) is 5. The SMILES string of the molecule is CSc1nc2nc(C)c(CCC(=O)N3CCCC3)c(C)n2n1. The average molecular weight is 319 g/mol. The number of hydrogen-bond acceptors (Lipinski definition) is 5. The minimum Gasteiger partial charge on any atom is -0.343 e. The summed E-state index contributed by atoms with van der Waals surface area (Å²) < 4.78 is 1.79. The molecule has 0 aromatic carbocycles. The van der Waals surface area contributed by atoms with E-state index < -0.39 is 0 Å². The van der Waals surface area contributed by atoms with Crippen molar-refractivity contribution in [2.45, 2.75) is 44.7 Å². The lowest BCUT2D eigenvalue weighted by molar-refractivity contribution is -0.130. The molecular formula is C15H21N5OS. The van der Waals surface area contributed by atoms with Gasteiger partial charge in [0.1, 0.15) is 0 Å². The number of carbonyl (C=O) groups is 1. The smallest absolute Gasteiger partial charge is 0.253 e. The van der Waals surface area contributed by atoms with Gasteiger partial charge in [-0.05, 0) is 44.9 Å². The maximum Gasteiger partial charge on any atom is 0.253 e. The number of likely N-dealkylation sites (tertiary alicyclic amines) is 1. The summed E-state index contributed by atoms with van der Waals surface area (Å²) >= 11 is 1.51. The lowest BCUT2D eigenvalue weighted by Crippen LogP contribution is -2.28. The van der Waals surface area contributed by atoms with E-state index >= 15 is 0 Å². The second-order valence-electron chi connectivity index (χ2n) is 5.66. The van der Waals surface area contributed by atoms with E-state index in [0.717, 1.165) is 48.0 Å². The van der Waals surface area contributed by atoms with Gasteiger partial charge in [0.25, 0.3) is 5.78 Å². The third-order valence-corrected chi connectivity index (χ3v) is 4.80. The van der Waals surface area contributed by atoms with Crippen molar-refractivity contribution in [2.75, 3.05) is 19.3 Å². The van der Waals surface area contributed by atoms with E-state index in [1.165, 1.54) is 11.8 Å².